The van der Waals surface area contributed by atoms with Crippen molar-refractivity contribution in [1.29, 1.82) is 0 Å². The number of rotatable bonds is 8. The third-order valence-electron chi connectivity index (χ3n) is 4.26. The SMILES string of the molecule is CCCCC[C@@H](N)c1cc(C)c(OCc2ccccc2)c(C)c1. The first kappa shape index (κ1) is 17.6. The summed E-state index contributed by atoms with van der Waals surface area (Å²) in [6, 6.07) is 14.8. The van der Waals surface area contributed by atoms with Crippen molar-refractivity contribution in [2.75, 3.05) is 0 Å². The minimum Gasteiger partial charge on any atom is -0.488 e. The van der Waals surface area contributed by atoms with E-state index in [1.807, 2.05) is 18.2 Å². The largest absolute Gasteiger partial charge is 0.488 e. The first-order valence-corrected chi connectivity index (χ1v) is 8.65. The van der Waals surface area contributed by atoms with Gasteiger partial charge in [-0.25, -0.2) is 0 Å². The molecule has 0 spiro atoms. The van der Waals surface area contributed by atoms with Crippen LogP contribution in [0.3, 0.4) is 0 Å². The highest BCUT2D eigenvalue weighted by molar-refractivity contribution is 5.44. The summed E-state index contributed by atoms with van der Waals surface area (Å²) in [6.45, 7) is 7.04. The zero-order valence-electron chi connectivity index (χ0n) is 14.6. The average molecular weight is 311 g/mol. The van der Waals surface area contributed by atoms with Crippen molar-refractivity contribution in [3.63, 3.8) is 0 Å². The van der Waals surface area contributed by atoms with Gasteiger partial charge in [0.1, 0.15) is 12.4 Å². The van der Waals surface area contributed by atoms with Gasteiger partial charge in [-0.1, -0.05) is 68.7 Å². The van der Waals surface area contributed by atoms with Crippen LogP contribution in [-0.2, 0) is 6.61 Å². The molecule has 0 aliphatic heterocycles. The van der Waals surface area contributed by atoms with E-state index >= 15 is 0 Å². The molecule has 2 N–H and O–H groups in total. The maximum atomic E-state index is 6.35. The van der Waals surface area contributed by atoms with E-state index in [4.69, 9.17) is 10.5 Å². The van der Waals surface area contributed by atoms with Crippen molar-refractivity contribution in [2.24, 2.45) is 5.73 Å². The van der Waals surface area contributed by atoms with Crippen molar-refractivity contribution in [2.45, 2.75) is 59.1 Å². The number of ether oxygens (including phenoxy) is 1. The van der Waals surface area contributed by atoms with Crippen molar-refractivity contribution in [3.8, 4) is 5.75 Å². The molecule has 0 saturated carbocycles. The third kappa shape index (κ3) is 5.11. The first-order valence-electron chi connectivity index (χ1n) is 8.65. The lowest BCUT2D eigenvalue weighted by Crippen LogP contribution is -2.11. The first-order chi connectivity index (χ1) is 11.1. The van der Waals surface area contributed by atoms with Crippen LogP contribution in [0.15, 0.2) is 42.5 Å². The average Bonchev–Trinajstić information content (AvgIpc) is 2.55. The van der Waals surface area contributed by atoms with E-state index in [1.165, 1.54) is 41.5 Å². The molecule has 0 aromatic heterocycles. The number of unbranched alkanes of at least 4 members (excludes halogenated alkanes) is 2. The van der Waals surface area contributed by atoms with Crippen LogP contribution < -0.4 is 10.5 Å². The summed E-state index contributed by atoms with van der Waals surface area (Å²) in [5.41, 5.74) is 11.1. The molecule has 0 aliphatic rings. The Kier molecular flexibility index (Phi) is 6.66. The van der Waals surface area contributed by atoms with Crippen LogP contribution in [0.5, 0.6) is 5.75 Å². The summed E-state index contributed by atoms with van der Waals surface area (Å²) in [4.78, 5) is 0. The molecule has 0 unspecified atom stereocenters. The maximum absolute atomic E-state index is 6.35. The van der Waals surface area contributed by atoms with E-state index in [1.54, 1.807) is 0 Å². The lowest BCUT2D eigenvalue weighted by Gasteiger charge is -2.17. The molecule has 23 heavy (non-hydrogen) atoms. The van der Waals surface area contributed by atoms with Gasteiger partial charge in [0.25, 0.3) is 0 Å². The third-order valence-corrected chi connectivity index (χ3v) is 4.26. The second-order valence-corrected chi connectivity index (χ2v) is 6.36. The molecule has 0 amide bonds. The molecule has 1 atom stereocenters. The molecule has 0 radical (unpaired) electrons. The van der Waals surface area contributed by atoms with Gasteiger partial charge in [0.2, 0.25) is 0 Å². The molecule has 124 valence electrons. The standard InChI is InChI=1S/C21H29NO/c1-4-5-7-12-20(22)19-13-16(2)21(17(3)14-19)23-15-18-10-8-6-9-11-18/h6,8-11,13-14,20H,4-5,7,12,15,22H2,1-3H3/t20-/m1/s1. The number of benzene rings is 2. The summed E-state index contributed by atoms with van der Waals surface area (Å²) in [7, 11) is 0. The zero-order chi connectivity index (χ0) is 16.7. The van der Waals surface area contributed by atoms with Gasteiger partial charge in [0.15, 0.2) is 0 Å². The highest BCUT2D eigenvalue weighted by Gasteiger charge is 2.11. The summed E-state index contributed by atoms with van der Waals surface area (Å²) in [5.74, 6) is 0.985. The zero-order valence-corrected chi connectivity index (χ0v) is 14.6. The Labute approximate surface area is 140 Å². The number of aryl methyl sites for hydroxylation is 2. The van der Waals surface area contributed by atoms with Gasteiger partial charge in [-0.05, 0) is 42.5 Å². The smallest absolute Gasteiger partial charge is 0.125 e. The Morgan fingerprint density at radius 2 is 1.65 bits per heavy atom. The molecule has 2 aromatic carbocycles. The molecule has 2 nitrogen and oxygen atoms in total. The normalized spacial score (nSPS) is 12.2. The molecule has 0 aliphatic carbocycles. The Morgan fingerprint density at radius 1 is 1.00 bits per heavy atom. The van der Waals surface area contributed by atoms with Crippen LogP contribution in [0.25, 0.3) is 0 Å². The Balaban J connectivity index is 2.04. The van der Waals surface area contributed by atoms with E-state index in [9.17, 15) is 0 Å². The van der Waals surface area contributed by atoms with Gasteiger partial charge >= 0.3 is 0 Å². The van der Waals surface area contributed by atoms with E-state index in [0.717, 1.165) is 12.2 Å². The molecule has 0 fully saturated rings. The van der Waals surface area contributed by atoms with Crippen LogP contribution in [0.4, 0.5) is 0 Å². The van der Waals surface area contributed by atoms with Crippen molar-refractivity contribution in [3.05, 3.63) is 64.7 Å². The lowest BCUT2D eigenvalue weighted by atomic mass is 9.97. The summed E-state index contributed by atoms with van der Waals surface area (Å²) >= 11 is 0. The maximum Gasteiger partial charge on any atom is 0.125 e. The number of hydrogen-bond acceptors (Lipinski definition) is 2. The van der Waals surface area contributed by atoms with Crippen LogP contribution in [0, 0.1) is 13.8 Å². The van der Waals surface area contributed by atoms with E-state index < -0.39 is 0 Å². The summed E-state index contributed by atoms with van der Waals surface area (Å²) < 4.78 is 6.05. The molecule has 2 rings (SSSR count). The van der Waals surface area contributed by atoms with Gasteiger partial charge < -0.3 is 10.5 Å². The van der Waals surface area contributed by atoms with Crippen LogP contribution in [0.2, 0.25) is 0 Å². The van der Waals surface area contributed by atoms with Crippen molar-refractivity contribution in [1.82, 2.24) is 0 Å². The van der Waals surface area contributed by atoms with Crippen LogP contribution >= 0.6 is 0 Å². The Morgan fingerprint density at radius 3 is 2.26 bits per heavy atom. The lowest BCUT2D eigenvalue weighted by molar-refractivity contribution is 0.302. The Bertz CT molecular complexity index is 583. The number of nitrogens with two attached hydrogens (primary N) is 1. The minimum atomic E-state index is 0.127. The summed E-state index contributed by atoms with van der Waals surface area (Å²) in [5, 5.41) is 0. The van der Waals surface area contributed by atoms with Gasteiger partial charge in [0.05, 0.1) is 0 Å². The molecular formula is C21H29NO. The van der Waals surface area contributed by atoms with Gasteiger partial charge in [-0.3, -0.25) is 0 Å². The number of hydrogen-bond donors (Lipinski definition) is 1. The molecule has 0 saturated heterocycles. The quantitative estimate of drug-likeness (QED) is 0.657. The molecular weight excluding hydrogens is 282 g/mol. The van der Waals surface area contributed by atoms with E-state index in [2.05, 4.69) is 45.0 Å². The minimum absolute atomic E-state index is 0.127. The van der Waals surface area contributed by atoms with Crippen LogP contribution in [-0.4, -0.2) is 0 Å². The molecule has 0 heterocycles. The van der Waals surface area contributed by atoms with E-state index in [0.29, 0.717) is 6.61 Å². The van der Waals surface area contributed by atoms with Gasteiger partial charge in [-0.2, -0.15) is 0 Å². The van der Waals surface area contributed by atoms with Crippen LogP contribution in [0.1, 0.15) is 60.9 Å². The fourth-order valence-electron chi connectivity index (χ4n) is 2.94. The highest BCUT2D eigenvalue weighted by atomic mass is 16.5. The van der Waals surface area contributed by atoms with Gasteiger partial charge in [0, 0.05) is 6.04 Å². The summed E-state index contributed by atoms with van der Waals surface area (Å²) in [6.07, 6.45) is 4.74. The second kappa shape index (κ2) is 8.73. The topological polar surface area (TPSA) is 35.2 Å². The molecule has 2 heteroatoms. The Hall–Kier alpha value is -1.80. The second-order valence-electron chi connectivity index (χ2n) is 6.36. The molecule has 2 aromatic rings. The highest BCUT2D eigenvalue weighted by Crippen LogP contribution is 2.29. The monoisotopic (exact) mass is 311 g/mol. The predicted molar refractivity (Wildman–Crippen MR) is 97.8 cm³/mol. The fourth-order valence-corrected chi connectivity index (χ4v) is 2.94. The van der Waals surface area contributed by atoms with Gasteiger partial charge in [-0.15, -0.1) is 0 Å². The van der Waals surface area contributed by atoms with E-state index in [-0.39, 0.29) is 6.04 Å². The molecule has 0 bridgehead atoms. The van der Waals surface area contributed by atoms with Crippen molar-refractivity contribution >= 4 is 0 Å². The fraction of sp³-hybridized carbons (Fsp3) is 0.429. The van der Waals surface area contributed by atoms with Crippen molar-refractivity contribution < 1.29 is 4.74 Å². The predicted octanol–water partition coefficient (Wildman–Crippen LogP) is 5.46.